The van der Waals surface area contributed by atoms with Crippen LogP contribution in [-0.2, 0) is 13.0 Å². The zero-order valence-electron chi connectivity index (χ0n) is 10.6. The molecule has 0 unspecified atom stereocenters. The van der Waals surface area contributed by atoms with Crippen molar-refractivity contribution in [3.8, 4) is 0 Å². The second-order valence-corrected chi connectivity index (χ2v) is 4.31. The number of hydrogen-bond donors (Lipinski definition) is 2. The van der Waals surface area contributed by atoms with E-state index in [0.717, 1.165) is 23.5 Å². The van der Waals surface area contributed by atoms with Crippen molar-refractivity contribution in [1.82, 2.24) is 4.98 Å². The number of hydrogen-bond acceptors (Lipinski definition) is 3. The molecule has 2 rings (SSSR count). The Balaban J connectivity index is 2.00. The van der Waals surface area contributed by atoms with Crippen LogP contribution in [0.5, 0.6) is 0 Å². The lowest BCUT2D eigenvalue weighted by Gasteiger charge is -2.09. The lowest BCUT2D eigenvalue weighted by molar-refractivity contribution is 0.299. The second-order valence-electron chi connectivity index (χ2n) is 4.31. The molecule has 1 heterocycles. The number of aromatic nitrogens is 1. The predicted molar refractivity (Wildman–Crippen MR) is 73.5 cm³/mol. The summed E-state index contributed by atoms with van der Waals surface area (Å²) in [7, 11) is 0. The van der Waals surface area contributed by atoms with Crippen molar-refractivity contribution in [1.29, 1.82) is 0 Å². The first kappa shape index (κ1) is 12.6. The molecule has 0 amide bonds. The van der Waals surface area contributed by atoms with Crippen LogP contribution in [0, 0.1) is 6.92 Å². The number of aliphatic hydroxyl groups is 1. The van der Waals surface area contributed by atoms with Gasteiger partial charge in [-0.05, 0) is 36.1 Å². The standard InChI is InChI=1S/C15H18N2O/c1-12-9-15(17-11-14(12)7-8-18)16-10-13-5-3-2-4-6-13/h2-6,9,11,18H,7-8,10H2,1H3,(H,16,17). The fourth-order valence-corrected chi connectivity index (χ4v) is 1.85. The summed E-state index contributed by atoms with van der Waals surface area (Å²) in [4.78, 5) is 4.35. The molecular weight excluding hydrogens is 224 g/mol. The summed E-state index contributed by atoms with van der Waals surface area (Å²) in [6.45, 7) is 2.98. The molecule has 0 aliphatic carbocycles. The summed E-state index contributed by atoms with van der Waals surface area (Å²) in [5.74, 6) is 0.873. The number of pyridine rings is 1. The molecule has 0 bridgehead atoms. The molecule has 0 fully saturated rings. The third-order valence-corrected chi connectivity index (χ3v) is 2.92. The van der Waals surface area contributed by atoms with Gasteiger partial charge >= 0.3 is 0 Å². The van der Waals surface area contributed by atoms with Gasteiger partial charge in [-0.25, -0.2) is 4.98 Å². The zero-order chi connectivity index (χ0) is 12.8. The van der Waals surface area contributed by atoms with Gasteiger partial charge in [0.25, 0.3) is 0 Å². The number of benzene rings is 1. The Bertz CT molecular complexity index is 497. The predicted octanol–water partition coefficient (Wildman–Crippen LogP) is 2.54. The van der Waals surface area contributed by atoms with Gasteiger partial charge in [0, 0.05) is 19.3 Å². The van der Waals surface area contributed by atoms with E-state index in [1.54, 1.807) is 0 Å². The summed E-state index contributed by atoms with van der Waals surface area (Å²) in [5, 5.41) is 12.2. The summed E-state index contributed by atoms with van der Waals surface area (Å²) in [6, 6.07) is 12.3. The highest BCUT2D eigenvalue weighted by Gasteiger charge is 2.01. The first-order chi connectivity index (χ1) is 8.79. The van der Waals surface area contributed by atoms with Crippen LogP contribution in [0.1, 0.15) is 16.7 Å². The van der Waals surface area contributed by atoms with Crippen LogP contribution < -0.4 is 5.32 Å². The highest BCUT2D eigenvalue weighted by atomic mass is 16.2. The van der Waals surface area contributed by atoms with Crippen LogP contribution in [-0.4, -0.2) is 16.7 Å². The fourth-order valence-electron chi connectivity index (χ4n) is 1.85. The Kier molecular flexibility index (Phi) is 4.31. The molecule has 0 atom stereocenters. The topological polar surface area (TPSA) is 45.2 Å². The zero-order valence-corrected chi connectivity index (χ0v) is 10.6. The van der Waals surface area contributed by atoms with Gasteiger partial charge in [-0.1, -0.05) is 30.3 Å². The Morgan fingerprint density at radius 1 is 1.22 bits per heavy atom. The van der Waals surface area contributed by atoms with E-state index in [1.807, 2.05) is 37.4 Å². The Hall–Kier alpha value is -1.87. The van der Waals surface area contributed by atoms with Crippen molar-refractivity contribution in [2.45, 2.75) is 19.9 Å². The lowest BCUT2D eigenvalue weighted by Crippen LogP contribution is -2.03. The summed E-state index contributed by atoms with van der Waals surface area (Å²) >= 11 is 0. The van der Waals surface area contributed by atoms with Gasteiger partial charge in [0.15, 0.2) is 0 Å². The Labute approximate surface area is 108 Å². The van der Waals surface area contributed by atoms with Crippen molar-refractivity contribution in [2.75, 3.05) is 11.9 Å². The molecule has 3 nitrogen and oxygen atoms in total. The van der Waals surface area contributed by atoms with Gasteiger partial charge in [-0.15, -0.1) is 0 Å². The minimum Gasteiger partial charge on any atom is -0.396 e. The van der Waals surface area contributed by atoms with Crippen molar-refractivity contribution in [3.63, 3.8) is 0 Å². The van der Waals surface area contributed by atoms with Crippen molar-refractivity contribution in [3.05, 3.63) is 59.3 Å². The molecule has 2 aromatic rings. The van der Waals surface area contributed by atoms with E-state index >= 15 is 0 Å². The number of aryl methyl sites for hydroxylation is 1. The average molecular weight is 242 g/mol. The second kappa shape index (κ2) is 6.17. The van der Waals surface area contributed by atoms with Crippen LogP contribution in [0.15, 0.2) is 42.6 Å². The molecule has 0 aliphatic rings. The first-order valence-electron chi connectivity index (χ1n) is 6.14. The van der Waals surface area contributed by atoms with Gasteiger partial charge < -0.3 is 10.4 Å². The minimum absolute atomic E-state index is 0.166. The van der Waals surface area contributed by atoms with Crippen LogP contribution in [0.4, 0.5) is 5.82 Å². The quantitative estimate of drug-likeness (QED) is 0.847. The minimum atomic E-state index is 0.166. The molecule has 0 aliphatic heterocycles. The number of anilines is 1. The van der Waals surface area contributed by atoms with Gasteiger partial charge in [0.2, 0.25) is 0 Å². The average Bonchev–Trinajstić information content (AvgIpc) is 2.41. The molecule has 3 heteroatoms. The number of rotatable bonds is 5. The van der Waals surface area contributed by atoms with Crippen molar-refractivity contribution < 1.29 is 5.11 Å². The van der Waals surface area contributed by atoms with Crippen molar-refractivity contribution in [2.24, 2.45) is 0 Å². The largest absolute Gasteiger partial charge is 0.396 e. The normalized spacial score (nSPS) is 10.3. The van der Waals surface area contributed by atoms with Gasteiger partial charge in [0.1, 0.15) is 5.82 Å². The van der Waals surface area contributed by atoms with E-state index in [0.29, 0.717) is 6.42 Å². The van der Waals surface area contributed by atoms with Crippen LogP contribution in [0.2, 0.25) is 0 Å². The maximum atomic E-state index is 8.92. The molecule has 1 aromatic heterocycles. The Morgan fingerprint density at radius 3 is 2.67 bits per heavy atom. The summed E-state index contributed by atoms with van der Waals surface area (Å²) in [6.07, 6.45) is 2.50. The van der Waals surface area contributed by atoms with E-state index in [-0.39, 0.29) is 6.61 Å². The summed E-state index contributed by atoms with van der Waals surface area (Å²) in [5.41, 5.74) is 3.49. The van der Waals surface area contributed by atoms with Gasteiger partial charge in [-0.2, -0.15) is 0 Å². The fraction of sp³-hybridized carbons (Fsp3) is 0.267. The smallest absolute Gasteiger partial charge is 0.126 e. The summed E-state index contributed by atoms with van der Waals surface area (Å²) < 4.78 is 0. The molecule has 0 radical (unpaired) electrons. The number of aliphatic hydroxyl groups excluding tert-OH is 1. The third-order valence-electron chi connectivity index (χ3n) is 2.92. The van der Waals surface area contributed by atoms with E-state index in [4.69, 9.17) is 5.11 Å². The maximum absolute atomic E-state index is 8.92. The monoisotopic (exact) mass is 242 g/mol. The van der Waals surface area contributed by atoms with Crippen LogP contribution in [0.3, 0.4) is 0 Å². The number of nitrogens with one attached hydrogen (secondary N) is 1. The van der Waals surface area contributed by atoms with Gasteiger partial charge in [-0.3, -0.25) is 0 Å². The highest BCUT2D eigenvalue weighted by molar-refractivity contribution is 5.41. The third kappa shape index (κ3) is 3.31. The van der Waals surface area contributed by atoms with Crippen LogP contribution in [0.25, 0.3) is 0 Å². The van der Waals surface area contributed by atoms with Crippen LogP contribution >= 0.6 is 0 Å². The van der Waals surface area contributed by atoms with E-state index in [1.165, 1.54) is 5.56 Å². The molecular formula is C15H18N2O. The molecule has 2 N–H and O–H groups in total. The SMILES string of the molecule is Cc1cc(NCc2ccccc2)ncc1CCO. The molecule has 0 saturated heterocycles. The van der Waals surface area contributed by atoms with E-state index in [9.17, 15) is 0 Å². The number of nitrogens with zero attached hydrogens (tertiary/aromatic N) is 1. The first-order valence-corrected chi connectivity index (χ1v) is 6.14. The maximum Gasteiger partial charge on any atom is 0.126 e. The van der Waals surface area contributed by atoms with E-state index in [2.05, 4.69) is 22.4 Å². The van der Waals surface area contributed by atoms with E-state index < -0.39 is 0 Å². The Morgan fingerprint density at radius 2 is 2.00 bits per heavy atom. The lowest BCUT2D eigenvalue weighted by atomic mass is 10.1. The molecule has 1 aromatic carbocycles. The van der Waals surface area contributed by atoms with Crippen molar-refractivity contribution >= 4 is 5.82 Å². The molecule has 18 heavy (non-hydrogen) atoms. The van der Waals surface area contributed by atoms with Gasteiger partial charge in [0.05, 0.1) is 0 Å². The highest BCUT2D eigenvalue weighted by Crippen LogP contribution is 2.13. The molecule has 0 spiro atoms. The molecule has 94 valence electrons. The molecule has 0 saturated carbocycles.